The molecule has 5 aromatic heterocycles. The lowest BCUT2D eigenvalue weighted by Crippen LogP contribution is -2.21. The van der Waals surface area contributed by atoms with Gasteiger partial charge in [-0.2, -0.15) is 5.10 Å². The smallest absolute Gasteiger partial charge is 0.255 e. The fourth-order valence-corrected chi connectivity index (χ4v) is 5.51. The van der Waals surface area contributed by atoms with Crippen LogP contribution in [-0.4, -0.2) is 55.7 Å². The number of H-pyrrole nitrogens is 2. The maximum atomic E-state index is 14.6. The van der Waals surface area contributed by atoms with E-state index in [9.17, 15) is 17.6 Å². The number of aromatic nitrogens is 7. The molecular formula is C32H24FN9O3S. The molecule has 0 fully saturated rings. The number of anilines is 1. The van der Waals surface area contributed by atoms with E-state index in [4.69, 9.17) is 4.98 Å². The lowest BCUT2D eigenvalue weighted by molar-refractivity contribution is 0.102. The van der Waals surface area contributed by atoms with Gasteiger partial charge in [-0.1, -0.05) is 18.2 Å². The molecule has 0 aliphatic heterocycles. The molecule has 0 radical (unpaired) electrons. The second kappa shape index (κ2) is 11.6. The third-order valence-corrected chi connectivity index (χ3v) is 7.88. The van der Waals surface area contributed by atoms with Gasteiger partial charge in [0.1, 0.15) is 11.5 Å². The first-order chi connectivity index (χ1) is 22.2. The van der Waals surface area contributed by atoms with Gasteiger partial charge >= 0.3 is 0 Å². The van der Waals surface area contributed by atoms with Crippen molar-refractivity contribution in [3.8, 4) is 33.8 Å². The summed E-state index contributed by atoms with van der Waals surface area (Å²) in [7, 11) is -3.46. The fourth-order valence-electron chi connectivity index (χ4n) is 5.08. The van der Waals surface area contributed by atoms with Gasteiger partial charge in [0.2, 0.25) is 10.0 Å². The van der Waals surface area contributed by atoms with Crippen molar-refractivity contribution in [1.29, 1.82) is 0 Å². The molecule has 0 aliphatic rings. The minimum Gasteiger partial charge on any atom is -0.335 e. The van der Waals surface area contributed by atoms with Crippen molar-refractivity contribution >= 4 is 43.7 Å². The molecule has 0 saturated carbocycles. The number of hydrogen-bond donors (Lipinski definition) is 4. The van der Waals surface area contributed by atoms with Gasteiger partial charge in [0.05, 0.1) is 40.8 Å². The first kappa shape index (κ1) is 28.9. The molecule has 14 heteroatoms. The van der Waals surface area contributed by atoms with Crippen molar-refractivity contribution in [2.24, 2.45) is 0 Å². The van der Waals surface area contributed by atoms with E-state index in [1.54, 1.807) is 61.3 Å². The van der Waals surface area contributed by atoms with Gasteiger partial charge in [0.15, 0.2) is 11.5 Å². The van der Waals surface area contributed by atoms with Crippen molar-refractivity contribution in [2.75, 3.05) is 11.6 Å². The minimum absolute atomic E-state index is 0.0634. The number of amides is 1. The van der Waals surface area contributed by atoms with Crippen LogP contribution in [0, 0.1) is 5.82 Å². The number of rotatable bonds is 8. The summed E-state index contributed by atoms with van der Waals surface area (Å²) in [5, 5.41) is 10.9. The monoisotopic (exact) mass is 633 g/mol. The summed E-state index contributed by atoms with van der Waals surface area (Å²) in [4.78, 5) is 33.9. The summed E-state index contributed by atoms with van der Waals surface area (Å²) in [5.41, 5.74) is 6.22. The zero-order valence-corrected chi connectivity index (χ0v) is 24.9. The van der Waals surface area contributed by atoms with E-state index in [0.29, 0.717) is 61.5 Å². The van der Waals surface area contributed by atoms with E-state index in [-0.39, 0.29) is 12.5 Å². The lowest BCUT2D eigenvalue weighted by Gasteiger charge is -2.07. The van der Waals surface area contributed by atoms with Crippen LogP contribution in [0.2, 0.25) is 0 Å². The highest BCUT2D eigenvalue weighted by Crippen LogP contribution is 2.33. The van der Waals surface area contributed by atoms with Crippen LogP contribution in [0.5, 0.6) is 0 Å². The van der Waals surface area contributed by atoms with Crippen LogP contribution in [0.1, 0.15) is 15.9 Å². The van der Waals surface area contributed by atoms with Gasteiger partial charge in [0.25, 0.3) is 5.91 Å². The molecule has 5 heterocycles. The molecule has 0 bridgehead atoms. The Labute approximate surface area is 261 Å². The number of fused-ring (bicyclic) bond motifs is 2. The number of nitrogens with zero attached hydrogens (tertiary/aromatic N) is 5. The Morgan fingerprint density at radius 1 is 0.913 bits per heavy atom. The number of carbonyl (C=O) groups excluding carboxylic acids is 1. The molecule has 1 amide bonds. The molecule has 0 saturated heterocycles. The van der Waals surface area contributed by atoms with Gasteiger partial charge < -0.3 is 10.3 Å². The summed E-state index contributed by atoms with van der Waals surface area (Å²) < 4.78 is 40.1. The maximum absolute atomic E-state index is 14.6. The Kier molecular flexibility index (Phi) is 7.27. The number of sulfonamides is 1. The molecule has 12 nitrogen and oxygen atoms in total. The molecule has 0 unspecified atom stereocenters. The summed E-state index contributed by atoms with van der Waals surface area (Å²) in [6.07, 6.45) is 9.16. The minimum atomic E-state index is -3.46. The number of halogens is 1. The van der Waals surface area contributed by atoms with Crippen molar-refractivity contribution in [3.63, 3.8) is 0 Å². The van der Waals surface area contributed by atoms with Gasteiger partial charge in [-0.05, 0) is 53.6 Å². The Morgan fingerprint density at radius 3 is 2.54 bits per heavy atom. The van der Waals surface area contributed by atoms with Gasteiger partial charge in [-0.3, -0.25) is 19.9 Å². The molecule has 4 N–H and O–H groups in total. The number of hydrogen-bond acceptors (Lipinski definition) is 8. The Bertz CT molecular complexity index is 2370. The molecule has 0 aliphatic carbocycles. The third-order valence-electron chi connectivity index (χ3n) is 7.21. The normalized spacial score (nSPS) is 11.7. The lowest BCUT2D eigenvalue weighted by atomic mass is 10.0. The zero-order chi connectivity index (χ0) is 31.8. The molecule has 0 atom stereocenters. The van der Waals surface area contributed by atoms with Crippen LogP contribution < -0.4 is 10.0 Å². The topological polar surface area (TPSA) is 171 Å². The Morgan fingerprint density at radius 2 is 1.72 bits per heavy atom. The van der Waals surface area contributed by atoms with Crippen LogP contribution in [0.25, 0.3) is 55.8 Å². The van der Waals surface area contributed by atoms with E-state index < -0.39 is 15.8 Å². The van der Waals surface area contributed by atoms with Crippen LogP contribution in [-0.2, 0) is 16.6 Å². The fraction of sp³-hybridized carbons (Fsp3) is 0.0625. The molecule has 0 spiro atoms. The summed E-state index contributed by atoms with van der Waals surface area (Å²) in [6.45, 7) is -0.0634. The Hall–Kier alpha value is -5.86. The highest BCUT2D eigenvalue weighted by Gasteiger charge is 2.18. The maximum Gasteiger partial charge on any atom is 0.255 e. The molecule has 7 aromatic rings. The van der Waals surface area contributed by atoms with Crippen LogP contribution >= 0.6 is 0 Å². The predicted octanol–water partition coefficient (Wildman–Crippen LogP) is 5.07. The highest BCUT2D eigenvalue weighted by atomic mass is 32.2. The number of pyridine rings is 3. The number of aromatic amines is 2. The molecular weight excluding hydrogens is 609 g/mol. The van der Waals surface area contributed by atoms with Crippen LogP contribution in [0.15, 0.2) is 91.6 Å². The van der Waals surface area contributed by atoms with Crippen molar-refractivity contribution in [1.82, 2.24) is 39.8 Å². The third kappa shape index (κ3) is 5.94. The van der Waals surface area contributed by atoms with E-state index in [1.165, 1.54) is 12.1 Å². The van der Waals surface area contributed by atoms with E-state index in [1.807, 2.05) is 18.2 Å². The first-order valence-corrected chi connectivity index (χ1v) is 15.8. The van der Waals surface area contributed by atoms with E-state index in [0.717, 1.165) is 17.4 Å². The quantitative estimate of drug-likeness (QED) is 0.180. The van der Waals surface area contributed by atoms with Crippen LogP contribution in [0.4, 0.5) is 10.1 Å². The summed E-state index contributed by atoms with van der Waals surface area (Å²) in [5.74, 6) is -0.306. The number of carbonyl (C=O) groups is 1. The van der Waals surface area contributed by atoms with Crippen LogP contribution in [0.3, 0.4) is 0 Å². The summed E-state index contributed by atoms with van der Waals surface area (Å²) in [6, 6.07) is 16.9. The zero-order valence-electron chi connectivity index (χ0n) is 24.1. The molecule has 228 valence electrons. The molecule has 2 aromatic carbocycles. The Balaban J connectivity index is 1.22. The van der Waals surface area contributed by atoms with E-state index in [2.05, 4.69) is 40.2 Å². The van der Waals surface area contributed by atoms with Crippen molar-refractivity contribution in [2.45, 2.75) is 6.54 Å². The second-order valence-corrected chi connectivity index (χ2v) is 12.4. The van der Waals surface area contributed by atoms with Gasteiger partial charge in [-0.25, -0.2) is 27.5 Å². The number of benzene rings is 2. The molecule has 7 rings (SSSR count). The number of nitrogens with one attached hydrogen (secondary N) is 4. The largest absolute Gasteiger partial charge is 0.335 e. The second-order valence-electron chi connectivity index (χ2n) is 10.6. The van der Waals surface area contributed by atoms with Crippen molar-refractivity contribution < 1.29 is 17.6 Å². The van der Waals surface area contributed by atoms with Crippen molar-refractivity contribution in [3.05, 3.63) is 109 Å². The van der Waals surface area contributed by atoms with Gasteiger partial charge in [0, 0.05) is 47.4 Å². The van der Waals surface area contributed by atoms with Gasteiger partial charge in [-0.15, -0.1) is 0 Å². The van der Waals surface area contributed by atoms with E-state index >= 15 is 0 Å². The summed E-state index contributed by atoms with van der Waals surface area (Å²) >= 11 is 0. The number of imidazole rings is 1. The highest BCUT2D eigenvalue weighted by molar-refractivity contribution is 7.88. The average molecular weight is 634 g/mol. The average Bonchev–Trinajstić information content (AvgIpc) is 3.68. The SMILES string of the molecule is CS(=O)(=O)NCc1cc(F)cc(-c2cncc3[nH]c(-c4[nH]nc5ncc(-c6cncc(NC(=O)c7ccccc7)c6)cc45)nc23)c1. The predicted molar refractivity (Wildman–Crippen MR) is 171 cm³/mol. The standard InChI is InChI=1S/C32H24FN9O3S/c1-46(44,45)37-12-18-7-20(9-23(33)8-18)26-16-35-17-27-28(26)40-31(39-27)29-25-11-22(14-36-30(25)42-41-29)21-10-24(15-34-13-21)38-32(43)19-5-3-2-4-6-19/h2-11,13-17,37H,12H2,1H3,(H,38,43)(H,39,40)(H,36,41,42). The first-order valence-electron chi connectivity index (χ1n) is 13.9. The molecule has 46 heavy (non-hydrogen) atoms.